The predicted octanol–water partition coefficient (Wildman–Crippen LogP) is -0.253. The van der Waals surface area contributed by atoms with E-state index in [0.717, 1.165) is 19.0 Å². The molecule has 0 fully saturated rings. The number of carbonyl (C=O) groups is 3. The van der Waals surface area contributed by atoms with Gasteiger partial charge in [-0.3, -0.25) is 10.1 Å². The molecule has 0 aliphatic heterocycles. The van der Waals surface area contributed by atoms with Crippen molar-refractivity contribution in [3.05, 3.63) is 12.2 Å². The van der Waals surface area contributed by atoms with Crippen molar-refractivity contribution in [3.63, 3.8) is 0 Å². The molecule has 0 aromatic carbocycles. The van der Waals surface area contributed by atoms with Crippen LogP contribution in [0.1, 0.15) is 6.42 Å². The molecule has 3 amide bonds. The van der Waals surface area contributed by atoms with Gasteiger partial charge in [-0.2, -0.15) is 0 Å². The van der Waals surface area contributed by atoms with Gasteiger partial charge in [0.25, 0.3) is 5.91 Å². The minimum Gasteiger partial charge on any atom is -0.478 e. The summed E-state index contributed by atoms with van der Waals surface area (Å²) in [5, 5.41) is 10.4. The minimum atomic E-state index is -1.24. The van der Waals surface area contributed by atoms with Gasteiger partial charge in [0.15, 0.2) is 0 Å². The molecule has 0 aliphatic rings. The Labute approximate surface area is 106 Å². The molecular formula is C11H19N3O4. The normalized spacial score (nSPS) is 10.7. The Bertz CT molecular complexity index is 339. The van der Waals surface area contributed by atoms with Crippen molar-refractivity contribution in [2.45, 2.75) is 6.42 Å². The Balaban J connectivity index is 4.00. The highest BCUT2D eigenvalue weighted by Crippen LogP contribution is 1.90. The molecule has 0 bridgehead atoms. The number of hydrogen-bond donors (Lipinski definition) is 2. The van der Waals surface area contributed by atoms with Gasteiger partial charge in [0.05, 0.1) is 0 Å². The zero-order chi connectivity index (χ0) is 14.1. The summed E-state index contributed by atoms with van der Waals surface area (Å²) in [4.78, 5) is 36.1. The Hall–Kier alpha value is -1.89. The molecule has 0 unspecified atom stereocenters. The second-order valence-electron chi connectivity index (χ2n) is 4.04. The molecule has 102 valence electrons. The number of nitrogens with zero attached hydrogens (tertiary/aromatic N) is 2. The first-order valence-corrected chi connectivity index (χ1v) is 5.44. The summed E-state index contributed by atoms with van der Waals surface area (Å²) in [6, 6.07) is -0.547. The van der Waals surface area contributed by atoms with Gasteiger partial charge in [0.1, 0.15) is 0 Å². The lowest BCUT2D eigenvalue weighted by Crippen LogP contribution is -2.41. The molecule has 0 aliphatic carbocycles. The van der Waals surface area contributed by atoms with Crippen LogP contribution < -0.4 is 5.32 Å². The van der Waals surface area contributed by atoms with Crippen LogP contribution in [0.5, 0.6) is 0 Å². The van der Waals surface area contributed by atoms with E-state index in [1.807, 2.05) is 19.0 Å². The fourth-order valence-corrected chi connectivity index (χ4v) is 1.12. The average molecular weight is 257 g/mol. The van der Waals surface area contributed by atoms with Gasteiger partial charge < -0.3 is 14.9 Å². The summed E-state index contributed by atoms with van der Waals surface area (Å²) < 4.78 is 0. The van der Waals surface area contributed by atoms with Crippen molar-refractivity contribution < 1.29 is 19.5 Å². The van der Waals surface area contributed by atoms with E-state index < -0.39 is 17.9 Å². The number of hydrogen-bond acceptors (Lipinski definition) is 4. The van der Waals surface area contributed by atoms with Gasteiger partial charge in [-0.25, -0.2) is 9.59 Å². The van der Waals surface area contributed by atoms with Gasteiger partial charge in [-0.15, -0.1) is 0 Å². The first-order valence-electron chi connectivity index (χ1n) is 5.44. The summed E-state index contributed by atoms with van der Waals surface area (Å²) in [6.45, 7) is 1.35. The van der Waals surface area contributed by atoms with E-state index in [0.29, 0.717) is 12.6 Å². The summed E-state index contributed by atoms with van der Waals surface area (Å²) in [7, 11) is 5.43. The van der Waals surface area contributed by atoms with Crippen LogP contribution in [0.4, 0.5) is 4.79 Å². The van der Waals surface area contributed by atoms with E-state index in [-0.39, 0.29) is 0 Å². The molecule has 0 radical (unpaired) electrons. The molecule has 0 heterocycles. The molecular weight excluding hydrogens is 238 g/mol. The SMILES string of the molecule is CN(C)CCCN(C)C(=O)NC(=O)C=CC(=O)O. The molecule has 0 saturated carbocycles. The van der Waals surface area contributed by atoms with Crippen LogP contribution in [0.15, 0.2) is 12.2 Å². The van der Waals surface area contributed by atoms with Gasteiger partial charge in [-0.05, 0) is 27.1 Å². The van der Waals surface area contributed by atoms with Crippen LogP contribution in [-0.4, -0.2) is 67.0 Å². The molecule has 18 heavy (non-hydrogen) atoms. The highest BCUT2D eigenvalue weighted by Gasteiger charge is 2.10. The van der Waals surface area contributed by atoms with E-state index >= 15 is 0 Å². The molecule has 7 nitrogen and oxygen atoms in total. The number of urea groups is 1. The average Bonchev–Trinajstić information content (AvgIpc) is 2.25. The number of imide groups is 1. The van der Waals surface area contributed by atoms with E-state index in [1.54, 1.807) is 7.05 Å². The maximum Gasteiger partial charge on any atom is 0.328 e. The third kappa shape index (κ3) is 8.28. The highest BCUT2D eigenvalue weighted by molar-refractivity contribution is 6.02. The Kier molecular flexibility index (Phi) is 7.37. The van der Waals surface area contributed by atoms with Gasteiger partial charge >= 0.3 is 12.0 Å². The quantitative estimate of drug-likeness (QED) is 0.640. The fourth-order valence-electron chi connectivity index (χ4n) is 1.12. The monoisotopic (exact) mass is 257 g/mol. The van der Waals surface area contributed by atoms with E-state index in [2.05, 4.69) is 5.32 Å². The first-order chi connectivity index (χ1) is 8.32. The van der Waals surface area contributed by atoms with Crippen molar-refractivity contribution >= 4 is 17.9 Å². The van der Waals surface area contributed by atoms with Crippen LogP contribution in [-0.2, 0) is 9.59 Å². The van der Waals surface area contributed by atoms with E-state index in [4.69, 9.17) is 5.11 Å². The number of carbonyl (C=O) groups excluding carboxylic acids is 2. The van der Waals surface area contributed by atoms with Crippen LogP contribution >= 0.6 is 0 Å². The maximum absolute atomic E-state index is 11.5. The Morgan fingerprint density at radius 2 is 1.72 bits per heavy atom. The van der Waals surface area contributed by atoms with Crippen molar-refractivity contribution in [1.29, 1.82) is 0 Å². The molecule has 2 N–H and O–H groups in total. The molecule has 0 atom stereocenters. The molecule has 0 aromatic heterocycles. The first kappa shape index (κ1) is 16.1. The zero-order valence-corrected chi connectivity index (χ0v) is 10.8. The molecule has 0 rings (SSSR count). The summed E-state index contributed by atoms with van der Waals surface area (Å²) in [5.41, 5.74) is 0. The second kappa shape index (κ2) is 8.24. The third-order valence-electron chi connectivity index (χ3n) is 2.05. The standard InChI is InChI=1S/C11H19N3O4/c1-13(2)7-4-8-14(3)11(18)12-9(15)5-6-10(16)17/h5-6H,4,7-8H2,1-3H3,(H,16,17)(H,12,15,18). The Morgan fingerprint density at radius 3 is 2.22 bits per heavy atom. The van der Waals surface area contributed by atoms with E-state index in [9.17, 15) is 14.4 Å². The highest BCUT2D eigenvalue weighted by atomic mass is 16.4. The topological polar surface area (TPSA) is 90.0 Å². The lowest BCUT2D eigenvalue weighted by Gasteiger charge is -2.18. The Morgan fingerprint density at radius 1 is 1.11 bits per heavy atom. The largest absolute Gasteiger partial charge is 0.478 e. The number of rotatable bonds is 6. The summed E-state index contributed by atoms with van der Waals surface area (Å²) in [6.07, 6.45) is 2.26. The van der Waals surface area contributed by atoms with Crippen LogP contribution in [0.25, 0.3) is 0 Å². The van der Waals surface area contributed by atoms with Crippen molar-refractivity contribution in [1.82, 2.24) is 15.1 Å². The molecule has 0 aromatic rings. The number of aliphatic carboxylic acids is 1. The predicted molar refractivity (Wildman–Crippen MR) is 66.1 cm³/mol. The number of carboxylic acids is 1. The smallest absolute Gasteiger partial charge is 0.328 e. The number of carboxylic acid groups (broad SMARTS) is 1. The lowest BCUT2D eigenvalue weighted by atomic mass is 10.4. The summed E-state index contributed by atoms with van der Waals surface area (Å²) >= 11 is 0. The number of nitrogens with one attached hydrogen (secondary N) is 1. The maximum atomic E-state index is 11.5. The summed E-state index contributed by atoms with van der Waals surface area (Å²) in [5.74, 6) is -1.99. The lowest BCUT2D eigenvalue weighted by molar-refractivity contribution is -0.131. The zero-order valence-electron chi connectivity index (χ0n) is 10.8. The van der Waals surface area contributed by atoms with E-state index in [1.165, 1.54) is 4.90 Å². The van der Waals surface area contributed by atoms with Crippen LogP contribution in [0.2, 0.25) is 0 Å². The van der Waals surface area contributed by atoms with Crippen molar-refractivity contribution in [3.8, 4) is 0 Å². The molecule has 7 heteroatoms. The number of amides is 3. The van der Waals surface area contributed by atoms with Gasteiger partial charge in [-0.1, -0.05) is 0 Å². The minimum absolute atomic E-state index is 0.514. The molecule has 0 spiro atoms. The van der Waals surface area contributed by atoms with Gasteiger partial charge in [0.2, 0.25) is 0 Å². The van der Waals surface area contributed by atoms with Gasteiger partial charge in [0, 0.05) is 25.7 Å². The third-order valence-corrected chi connectivity index (χ3v) is 2.05. The van der Waals surface area contributed by atoms with Crippen LogP contribution in [0, 0.1) is 0 Å². The van der Waals surface area contributed by atoms with Crippen molar-refractivity contribution in [2.75, 3.05) is 34.2 Å². The second-order valence-corrected chi connectivity index (χ2v) is 4.04. The van der Waals surface area contributed by atoms with Crippen LogP contribution in [0.3, 0.4) is 0 Å². The van der Waals surface area contributed by atoms with Crippen molar-refractivity contribution in [2.24, 2.45) is 0 Å². The fraction of sp³-hybridized carbons (Fsp3) is 0.545. The molecule has 0 saturated heterocycles.